The van der Waals surface area contributed by atoms with Crippen molar-refractivity contribution in [2.45, 2.75) is 18.7 Å². The molecular weight excluding hydrogens is 300 g/mol. The predicted octanol–water partition coefficient (Wildman–Crippen LogP) is 0.669. The summed E-state index contributed by atoms with van der Waals surface area (Å²) in [7, 11) is -3.74. The van der Waals surface area contributed by atoms with E-state index in [1.165, 1.54) is 16.1 Å². The van der Waals surface area contributed by atoms with Crippen LogP contribution < -0.4 is 0 Å². The fraction of sp³-hybridized carbons (Fsp3) is 0.583. The van der Waals surface area contributed by atoms with E-state index in [2.05, 4.69) is 11.0 Å². The minimum absolute atomic E-state index is 0.353. The predicted molar refractivity (Wildman–Crippen MR) is 77.2 cm³/mol. The summed E-state index contributed by atoms with van der Waals surface area (Å²) in [5, 5.41) is 9.49. The highest BCUT2D eigenvalue weighted by molar-refractivity contribution is 7.90. The lowest BCUT2D eigenvalue weighted by atomic mass is 10.3. The van der Waals surface area contributed by atoms with Gasteiger partial charge in [-0.15, -0.1) is 11.3 Å². The van der Waals surface area contributed by atoms with Crippen LogP contribution in [0.5, 0.6) is 0 Å². The van der Waals surface area contributed by atoms with Crippen LogP contribution in [-0.2, 0) is 21.4 Å². The Kier molecular flexibility index (Phi) is 4.79. The number of rotatable bonds is 5. The Morgan fingerprint density at radius 2 is 2.05 bits per heavy atom. The summed E-state index contributed by atoms with van der Waals surface area (Å²) in [5.41, 5.74) is 0. The molecule has 0 bridgehead atoms. The monoisotopic (exact) mass is 318 g/mol. The standard InChI is InChI=1S/C12H18N2O4S2/c1-10(12(15)16)20(17,18)14-6-4-13(5-7-14)9-11-3-2-8-19-11/h2-3,8,10H,4-7,9H2,1H3,(H,15,16). The Labute approximate surface area is 122 Å². The van der Waals surface area contributed by atoms with Gasteiger partial charge in [0.25, 0.3) is 0 Å². The topological polar surface area (TPSA) is 77.9 Å². The third-order valence-electron chi connectivity index (χ3n) is 3.45. The Morgan fingerprint density at radius 3 is 2.55 bits per heavy atom. The summed E-state index contributed by atoms with van der Waals surface area (Å²) in [5.74, 6) is -1.30. The van der Waals surface area contributed by atoms with E-state index in [0.717, 1.165) is 6.54 Å². The van der Waals surface area contributed by atoms with Crippen molar-refractivity contribution in [3.63, 3.8) is 0 Å². The van der Waals surface area contributed by atoms with Crippen molar-refractivity contribution < 1.29 is 18.3 Å². The molecule has 1 aromatic rings. The van der Waals surface area contributed by atoms with Gasteiger partial charge in [-0.3, -0.25) is 9.69 Å². The van der Waals surface area contributed by atoms with Gasteiger partial charge in [-0.05, 0) is 18.4 Å². The first-order valence-corrected chi connectivity index (χ1v) is 8.76. The highest BCUT2D eigenvalue weighted by Gasteiger charge is 2.35. The molecule has 1 fully saturated rings. The smallest absolute Gasteiger partial charge is 0.323 e. The van der Waals surface area contributed by atoms with Crippen molar-refractivity contribution in [3.8, 4) is 0 Å². The highest BCUT2D eigenvalue weighted by Crippen LogP contribution is 2.16. The second-order valence-electron chi connectivity index (χ2n) is 4.78. The first-order valence-electron chi connectivity index (χ1n) is 6.38. The molecule has 2 rings (SSSR count). The van der Waals surface area contributed by atoms with E-state index in [1.54, 1.807) is 11.3 Å². The molecule has 2 heterocycles. The van der Waals surface area contributed by atoms with Crippen LogP contribution in [0.15, 0.2) is 17.5 Å². The largest absolute Gasteiger partial charge is 0.480 e. The fourth-order valence-electron chi connectivity index (χ4n) is 2.12. The lowest BCUT2D eigenvalue weighted by Crippen LogP contribution is -2.51. The average Bonchev–Trinajstić information content (AvgIpc) is 2.91. The molecular formula is C12H18N2O4S2. The van der Waals surface area contributed by atoms with Gasteiger partial charge in [0.2, 0.25) is 10.0 Å². The maximum atomic E-state index is 12.1. The molecule has 0 aromatic carbocycles. The van der Waals surface area contributed by atoms with Crippen molar-refractivity contribution in [2.75, 3.05) is 26.2 Å². The summed E-state index contributed by atoms with van der Waals surface area (Å²) in [6.07, 6.45) is 0. The van der Waals surface area contributed by atoms with Crippen molar-refractivity contribution in [1.82, 2.24) is 9.21 Å². The first-order chi connectivity index (χ1) is 9.41. The highest BCUT2D eigenvalue weighted by atomic mass is 32.2. The van der Waals surface area contributed by atoms with Crippen molar-refractivity contribution in [1.29, 1.82) is 0 Å². The van der Waals surface area contributed by atoms with Gasteiger partial charge >= 0.3 is 5.97 Å². The molecule has 1 unspecified atom stereocenters. The maximum Gasteiger partial charge on any atom is 0.323 e. The molecule has 1 aromatic heterocycles. The number of sulfonamides is 1. The number of thiophene rings is 1. The molecule has 0 radical (unpaired) electrons. The SMILES string of the molecule is CC(C(=O)O)S(=O)(=O)N1CCN(Cc2cccs2)CC1. The lowest BCUT2D eigenvalue weighted by molar-refractivity contribution is -0.136. The zero-order valence-electron chi connectivity index (χ0n) is 11.2. The molecule has 1 aliphatic heterocycles. The van der Waals surface area contributed by atoms with Crippen LogP contribution in [0.25, 0.3) is 0 Å². The molecule has 8 heteroatoms. The second kappa shape index (κ2) is 6.21. The molecule has 1 atom stereocenters. The van der Waals surface area contributed by atoms with E-state index in [1.807, 2.05) is 11.4 Å². The molecule has 1 N–H and O–H groups in total. The molecule has 20 heavy (non-hydrogen) atoms. The quantitative estimate of drug-likeness (QED) is 0.863. The maximum absolute atomic E-state index is 12.1. The summed E-state index contributed by atoms with van der Waals surface area (Å²) >= 11 is 1.68. The van der Waals surface area contributed by atoms with Crippen molar-refractivity contribution in [3.05, 3.63) is 22.4 Å². The minimum atomic E-state index is -3.74. The third-order valence-corrected chi connectivity index (χ3v) is 6.49. The van der Waals surface area contributed by atoms with Gasteiger partial charge in [-0.1, -0.05) is 6.07 Å². The molecule has 0 saturated carbocycles. The van der Waals surface area contributed by atoms with Crippen LogP contribution in [0.1, 0.15) is 11.8 Å². The van der Waals surface area contributed by atoms with E-state index in [9.17, 15) is 13.2 Å². The Balaban J connectivity index is 1.92. The van der Waals surface area contributed by atoms with Gasteiger partial charge in [0.15, 0.2) is 5.25 Å². The van der Waals surface area contributed by atoms with Crippen LogP contribution in [0, 0.1) is 0 Å². The number of piperazine rings is 1. The van der Waals surface area contributed by atoms with Crippen LogP contribution in [0.2, 0.25) is 0 Å². The van der Waals surface area contributed by atoms with Crippen LogP contribution in [0.4, 0.5) is 0 Å². The number of carboxylic acids is 1. The van der Waals surface area contributed by atoms with E-state index in [-0.39, 0.29) is 0 Å². The van der Waals surface area contributed by atoms with Gasteiger partial charge in [-0.25, -0.2) is 8.42 Å². The first kappa shape index (κ1) is 15.4. The molecule has 6 nitrogen and oxygen atoms in total. The van der Waals surface area contributed by atoms with E-state index in [4.69, 9.17) is 5.11 Å². The lowest BCUT2D eigenvalue weighted by Gasteiger charge is -2.34. The number of carbonyl (C=O) groups is 1. The number of hydrogen-bond donors (Lipinski definition) is 1. The molecule has 0 amide bonds. The van der Waals surface area contributed by atoms with Gasteiger partial charge in [0.05, 0.1) is 0 Å². The Morgan fingerprint density at radius 1 is 1.40 bits per heavy atom. The van der Waals surface area contributed by atoms with Gasteiger partial charge in [-0.2, -0.15) is 4.31 Å². The summed E-state index contributed by atoms with van der Waals surface area (Å²) in [6.45, 7) is 4.00. The van der Waals surface area contributed by atoms with Gasteiger partial charge < -0.3 is 5.11 Å². The minimum Gasteiger partial charge on any atom is -0.480 e. The fourth-order valence-corrected chi connectivity index (χ4v) is 4.24. The van der Waals surface area contributed by atoms with Crippen molar-refractivity contribution >= 4 is 27.3 Å². The van der Waals surface area contributed by atoms with Gasteiger partial charge in [0, 0.05) is 37.6 Å². The van der Waals surface area contributed by atoms with Gasteiger partial charge in [0.1, 0.15) is 0 Å². The molecule has 112 valence electrons. The van der Waals surface area contributed by atoms with Crippen LogP contribution in [0.3, 0.4) is 0 Å². The zero-order valence-corrected chi connectivity index (χ0v) is 12.9. The van der Waals surface area contributed by atoms with E-state index >= 15 is 0 Å². The molecule has 1 aliphatic rings. The number of carboxylic acid groups (broad SMARTS) is 1. The van der Waals surface area contributed by atoms with E-state index in [0.29, 0.717) is 26.2 Å². The normalized spacial score (nSPS) is 19.9. The Hall–Kier alpha value is -0.960. The van der Waals surface area contributed by atoms with E-state index < -0.39 is 21.2 Å². The zero-order chi connectivity index (χ0) is 14.8. The summed E-state index contributed by atoms with van der Waals surface area (Å²) < 4.78 is 25.4. The Bertz CT molecular complexity index is 548. The number of aliphatic carboxylic acids is 1. The summed E-state index contributed by atoms with van der Waals surface area (Å²) in [4.78, 5) is 14.3. The third kappa shape index (κ3) is 3.38. The summed E-state index contributed by atoms with van der Waals surface area (Å²) in [6, 6.07) is 4.05. The second-order valence-corrected chi connectivity index (χ2v) is 8.07. The van der Waals surface area contributed by atoms with Crippen molar-refractivity contribution in [2.24, 2.45) is 0 Å². The molecule has 0 spiro atoms. The van der Waals surface area contributed by atoms with Crippen LogP contribution in [-0.4, -0.2) is 60.1 Å². The molecule has 0 aliphatic carbocycles. The number of nitrogens with zero attached hydrogens (tertiary/aromatic N) is 2. The average molecular weight is 318 g/mol. The molecule has 1 saturated heterocycles. The number of hydrogen-bond acceptors (Lipinski definition) is 5. The van der Waals surface area contributed by atoms with Crippen LogP contribution >= 0.6 is 11.3 Å².